The highest BCUT2D eigenvalue weighted by molar-refractivity contribution is 6.30. The Kier molecular flexibility index (Phi) is 3.99. The fourth-order valence-electron chi connectivity index (χ4n) is 3.15. The minimum atomic E-state index is -1.25. The van der Waals surface area contributed by atoms with Crippen molar-refractivity contribution in [2.75, 3.05) is 4.90 Å². The van der Waals surface area contributed by atoms with E-state index >= 15 is 0 Å². The first-order chi connectivity index (χ1) is 12.2. The average molecular weight is 351 g/mol. The molecule has 0 bridgehead atoms. The van der Waals surface area contributed by atoms with Crippen LogP contribution in [0.3, 0.4) is 0 Å². The number of nitrogens with zero attached hydrogens (tertiary/aromatic N) is 3. The van der Waals surface area contributed by atoms with Gasteiger partial charge in [0.2, 0.25) is 5.72 Å². The molecule has 4 nitrogen and oxygen atoms in total. The van der Waals surface area contributed by atoms with Gasteiger partial charge in [0.25, 0.3) is 0 Å². The number of hydrogen-bond donors (Lipinski definition) is 1. The van der Waals surface area contributed by atoms with E-state index in [-0.39, 0.29) is 0 Å². The van der Waals surface area contributed by atoms with Gasteiger partial charge in [-0.05, 0) is 24.3 Å². The molecule has 1 aliphatic carbocycles. The Hall–Kier alpha value is -2.69. The highest BCUT2D eigenvalue weighted by Crippen LogP contribution is 2.37. The fourth-order valence-corrected chi connectivity index (χ4v) is 3.27. The summed E-state index contributed by atoms with van der Waals surface area (Å²) in [5.41, 5.74) is 0.361. The molecule has 2 heterocycles. The largest absolute Gasteiger partial charge is 0.401 e. The maximum atomic E-state index is 11.7. The third-order valence-electron chi connectivity index (χ3n) is 4.30. The molecule has 1 aromatic carbocycles. The Bertz CT molecular complexity index is 915. The Morgan fingerprint density at radius 2 is 1.84 bits per heavy atom. The van der Waals surface area contributed by atoms with Crippen LogP contribution in [0.5, 0.6) is 0 Å². The molecule has 0 amide bonds. The summed E-state index contributed by atoms with van der Waals surface area (Å²) in [6, 6.07) is 9.15. The number of fused-ring (bicyclic) bond motifs is 1. The average Bonchev–Trinajstić information content (AvgIpc) is 2.89. The summed E-state index contributed by atoms with van der Waals surface area (Å²) in [4.78, 5) is 6.35. The number of aromatic nitrogens is 2. The molecule has 1 aliphatic heterocycles. The van der Waals surface area contributed by atoms with Crippen molar-refractivity contribution < 1.29 is 9.67 Å². The molecule has 2 aliphatic rings. The lowest BCUT2D eigenvalue weighted by Crippen LogP contribution is -2.45. The van der Waals surface area contributed by atoms with Gasteiger partial charge in [-0.2, -0.15) is 4.90 Å². The van der Waals surface area contributed by atoms with Crippen molar-refractivity contribution in [1.82, 2.24) is 4.98 Å². The fraction of sp³-hybridized carbons (Fsp3) is 0.100. The zero-order chi connectivity index (χ0) is 17.3. The molecule has 0 saturated heterocycles. The normalized spacial score (nSPS) is 21.7. The number of hydrogen-bond acceptors (Lipinski definition) is 3. The van der Waals surface area contributed by atoms with Gasteiger partial charge in [0.05, 0.1) is 6.20 Å². The van der Waals surface area contributed by atoms with Crippen LogP contribution in [-0.4, -0.2) is 10.1 Å². The molecule has 124 valence electrons. The molecular weight excluding hydrogens is 334 g/mol. The summed E-state index contributed by atoms with van der Waals surface area (Å²) >= 11 is 6.03. The molecule has 0 saturated carbocycles. The third-order valence-corrected chi connectivity index (χ3v) is 4.55. The molecule has 0 spiro atoms. The van der Waals surface area contributed by atoms with E-state index < -0.39 is 5.72 Å². The van der Waals surface area contributed by atoms with Gasteiger partial charge in [-0.25, -0.2) is 4.57 Å². The molecule has 25 heavy (non-hydrogen) atoms. The molecule has 5 heteroatoms. The van der Waals surface area contributed by atoms with Gasteiger partial charge in [-0.3, -0.25) is 0 Å². The lowest BCUT2D eigenvalue weighted by Gasteiger charge is -2.28. The van der Waals surface area contributed by atoms with Crippen molar-refractivity contribution >= 4 is 17.5 Å². The number of anilines is 1. The SMILES string of the molecule is OC1(c2ccc(Cl)cc2)C[n+]2cccnc2N1C1=CC=CC=CC=C1. The second-order valence-electron chi connectivity index (χ2n) is 5.93. The van der Waals surface area contributed by atoms with E-state index in [4.69, 9.17) is 11.6 Å². The first-order valence-corrected chi connectivity index (χ1v) is 8.41. The Balaban J connectivity index is 1.88. The number of benzene rings is 1. The smallest absolute Gasteiger partial charge is 0.352 e. The predicted octanol–water partition coefficient (Wildman–Crippen LogP) is 3.25. The molecule has 1 N–H and O–H groups in total. The molecule has 1 atom stereocenters. The zero-order valence-corrected chi connectivity index (χ0v) is 14.2. The molecule has 1 aromatic heterocycles. The summed E-state index contributed by atoms with van der Waals surface area (Å²) in [7, 11) is 0. The molecular formula is C20H17ClN3O+. The number of halogens is 1. The predicted molar refractivity (Wildman–Crippen MR) is 97.8 cm³/mol. The molecule has 0 fully saturated rings. The van der Waals surface area contributed by atoms with Gasteiger partial charge in [0.15, 0.2) is 0 Å². The molecule has 0 radical (unpaired) electrons. The molecule has 1 unspecified atom stereocenters. The highest BCUT2D eigenvalue weighted by Gasteiger charge is 2.52. The second kappa shape index (κ2) is 6.31. The maximum Gasteiger partial charge on any atom is 0.401 e. The van der Waals surface area contributed by atoms with Crippen molar-refractivity contribution in [3.63, 3.8) is 0 Å². The summed E-state index contributed by atoms with van der Waals surface area (Å²) < 4.78 is 1.95. The first kappa shape index (κ1) is 15.8. The van der Waals surface area contributed by atoms with E-state index in [0.29, 0.717) is 17.5 Å². The second-order valence-corrected chi connectivity index (χ2v) is 6.36. The molecule has 4 rings (SSSR count). The lowest BCUT2D eigenvalue weighted by atomic mass is 10.0. The van der Waals surface area contributed by atoms with E-state index in [9.17, 15) is 5.11 Å². The van der Waals surface area contributed by atoms with Crippen LogP contribution in [0.2, 0.25) is 5.02 Å². The summed E-state index contributed by atoms with van der Waals surface area (Å²) in [6.07, 6.45) is 17.3. The van der Waals surface area contributed by atoms with Crippen LogP contribution in [-0.2, 0) is 12.3 Å². The summed E-state index contributed by atoms with van der Waals surface area (Å²) in [5, 5.41) is 12.3. The van der Waals surface area contributed by atoms with Crippen molar-refractivity contribution in [2.45, 2.75) is 12.3 Å². The van der Waals surface area contributed by atoms with Gasteiger partial charge in [0.1, 0.15) is 18.4 Å². The minimum absolute atomic E-state index is 0.378. The van der Waals surface area contributed by atoms with Crippen LogP contribution >= 0.6 is 11.6 Å². The van der Waals surface area contributed by atoms with Crippen LogP contribution < -0.4 is 9.47 Å². The lowest BCUT2D eigenvalue weighted by molar-refractivity contribution is -0.685. The number of aliphatic hydroxyl groups is 1. The van der Waals surface area contributed by atoms with Crippen LogP contribution in [0.4, 0.5) is 5.95 Å². The maximum absolute atomic E-state index is 11.7. The first-order valence-electron chi connectivity index (χ1n) is 8.03. The topological polar surface area (TPSA) is 40.2 Å². The van der Waals surface area contributed by atoms with Crippen LogP contribution in [0, 0.1) is 0 Å². The Morgan fingerprint density at radius 3 is 2.68 bits per heavy atom. The van der Waals surface area contributed by atoms with Gasteiger partial charge in [-0.15, -0.1) is 0 Å². The quantitative estimate of drug-likeness (QED) is 0.845. The standard InChI is InChI=1S/C20H17ClN3O/c21-17-11-9-16(10-12-17)20(25)15-23-14-6-13-22-19(23)24(20)18-7-4-2-1-3-5-8-18/h1-14,25H,15H2/q+1. The van der Waals surface area contributed by atoms with Gasteiger partial charge in [-0.1, -0.05) is 59.1 Å². The summed E-state index contributed by atoms with van der Waals surface area (Å²) in [6.45, 7) is 0.378. The van der Waals surface area contributed by atoms with Gasteiger partial charge >= 0.3 is 5.95 Å². The van der Waals surface area contributed by atoms with Crippen molar-refractivity contribution in [3.05, 3.63) is 102 Å². The highest BCUT2D eigenvalue weighted by atomic mass is 35.5. The molecule has 2 aromatic rings. The minimum Gasteiger partial charge on any atom is -0.352 e. The number of rotatable bonds is 2. The number of allylic oxidation sites excluding steroid dienone is 7. The van der Waals surface area contributed by atoms with Crippen LogP contribution in [0.1, 0.15) is 5.56 Å². The summed E-state index contributed by atoms with van der Waals surface area (Å²) in [5.74, 6) is 0.689. The third kappa shape index (κ3) is 2.80. The van der Waals surface area contributed by atoms with Crippen molar-refractivity contribution in [1.29, 1.82) is 0 Å². The van der Waals surface area contributed by atoms with Crippen LogP contribution in [0.25, 0.3) is 0 Å². The van der Waals surface area contributed by atoms with E-state index in [2.05, 4.69) is 4.98 Å². The Morgan fingerprint density at radius 1 is 1.08 bits per heavy atom. The monoisotopic (exact) mass is 350 g/mol. The van der Waals surface area contributed by atoms with Crippen molar-refractivity contribution in [2.24, 2.45) is 0 Å². The van der Waals surface area contributed by atoms with E-state index in [1.807, 2.05) is 76.4 Å². The zero-order valence-electron chi connectivity index (χ0n) is 13.5. The van der Waals surface area contributed by atoms with E-state index in [1.165, 1.54) is 0 Å². The van der Waals surface area contributed by atoms with Crippen molar-refractivity contribution in [3.8, 4) is 0 Å². The Labute approximate surface area is 151 Å². The van der Waals surface area contributed by atoms with E-state index in [0.717, 1.165) is 11.3 Å². The van der Waals surface area contributed by atoms with Gasteiger partial charge in [0, 0.05) is 16.7 Å². The van der Waals surface area contributed by atoms with E-state index in [1.54, 1.807) is 18.3 Å². The van der Waals surface area contributed by atoms with Gasteiger partial charge < -0.3 is 5.11 Å². The van der Waals surface area contributed by atoms with Crippen LogP contribution in [0.15, 0.2) is 91.0 Å².